The number of aromatic nitrogens is 3. The SMILES string of the molecule is CCn1c(CNC(=O)c2ccco2)nnc1SC(C)C(=O)Nc1ccc2c(c1)OCO2. The highest BCUT2D eigenvalue weighted by atomic mass is 32.2. The molecular formula is C20H21N5O5S. The van der Waals surface area contributed by atoms with Gasteiger partial charge in [0, 0.05) is 18.3 Å². The Morgan fingerprint density at radius 2 is 2.06 bits per heavy atom. The number of hydrogen-bond acceptors (Lipinski definition) is 8. The van der Waals surface area contributed by atoms with Gasteiger partial charge in [-0.05, 0) is 38.1 Å². The van der Waals surface area contributed by atoms with Crippen LogP contribution >= 0.6 is 11.8 Å². The van der Waals surface area contributed by atoms with Crippen LogP contribution in [0, 0.1) is 0 Å². The number of nitrogens with zero attached hydrogens (tertiary/aromatic N) is 3. The lowest BCUT2D eigenvalue weighted by Crippen LogP contribution is -2.25. The second-order valence-corrected chi connectivity index (χ2v) is 7.93. The van der Waals surface area contributed by atoms with Crippen molar-refractivity contribution in [1.82, 2.24) is 20.1 Å². The zero-order chi connectivity index (χ0) is 21.8. The van der Waals surface area contributed by atoms with Gasteiger partial charge in [-0.25, -0.2) is 0 Å². The molecule has 1 aromatic carbocycles. The van der Waals surface area contributed by atoms with Gasteiger partial charge in [-0.1, -0.05) is 11.8 Å². The number of anilines is 1. The zero-order valence-electron chi connectivity index (χ0n) is 17.0. The van der Waals surface area contributed by atoms with Gasteiger partial charge in [-0.15, -0.1) is 10.2 Å². The number of thioether (sulfide) groups is 1. The Labute approximate surface area is 182 Å². The summed E-state index contributed by atoms with van der Waals surface area (Å²) in [7, 11) is 0. The van der Waals surface area contributed by atoms with Gasteiger partial charge in [-0.3, -0.25) is 9.59 Å². The summed E-state index contributed by atoms with van der Waals surface area (Å²) in [6.45, 7) is 4.70. The number of amides is 2. The molecule has 0 bridgehead atoms. The van der Waals surface area contributed by atoms with Gasteiger partial charge >= 0.3 is 0 Å². The molecule has 0 saturated carbocycles. The molecule has 1 unspecified atom stereocenters. The Bertz CT molecular complexity index is 1080. The van der Waals surface area contributed by atoms with E-state index in [-0.39, 0.29) is 30.9 Å². The van der Waals surface area contributed by atoms with Gasteiger partial charge < -0.3 is 29.1 Å². The van der Waals surface area contributed by atoms with Crippen LogP contribution in [0.3, 0.4) is 0 Å². The molecule has 2 amide bonds. The van der Waals surface area contributed by atoms with E-state index in [2.05, 4.69) is 20.8 Å². The van der Waals surface area contributed by atoms with E-state index in [1.807, 2.05) is 11.5 Å². The van der Waals surface area contributed by atoms with Crippen LogP contribution in [0.2, 0.25) is 0 Å². The lowest BCUT2D eigenvalue weighted by molar-refractivity contribution is -0.115. The van der Waals surface area contributed by atoms with E-state index in [1.54, 1.807) is 37.3 Å². The number of fused-ring (bicyclic) bond motifs is 1. The number of rotatable bonds is 8. The molecule has 0 spiro atoms. The van der Waals surface area contributed by atoms with Crippen LogP contribution in [-0.4, -0.2) is 38.6 Å². The normalized spacial score (nSPS) is 13.1. The van der Waals surface area contributed by atoms with E-state index in [0.717, 1.165) is 0 Å². The summed E-state index contributed by atoms with van der Waals surface area (Å²) in [4.78, 5) is 24.7. The molecule has 162 valence electrons. The number of benzene rings is 1. The van der Waals surface area contributed by atoms with Crippen LogP contribution in [-0.2, 0) is 17.9 Å². The topological polar surface area (TPSA) is 121 Å². The van der Waals surface area contributed by atoms with Crippen molar-refractivity contribution in [2.24, 2.45) is 0 Å². The molecule has 0 aliphatic carbocycles. The summed E-state index contributed by atoms with van der Waals surface area (Å²) in [5, 5.41) is 14.1. The van der Waals surface area contributed by atoms with Crippen LogP contribution in [0.5, 0.6) is 11.5 Å². The van der Waals surface area contributed by atoms with Crippen LogP contribution in [0.25, 0.3) is 0 Å². The molecule has 3 aromatic rings. The molecule has 11 heteroatoms. The Morgan fingerprint density at radius 1 is 1.23 bits per heavy atom. The first-order valence-corrected chi connectivity index (χ1v) is 10.5. The highest BCUT2D eigenvalue weighted by Crippen LogP contribution is 2.34. The fourth-order valence-corrected chi connectivity index (χ4v) is 3.87. The van der Waals surface area contributed by atoms with Crippen LogP contribution in [0.1, 0.15) is 30.2 Å². The fraction of sp³-hybridized carbons (Fsp3) is 0.300. The maximum atomic E-state index is 12.6. The Morgan fingerprint density at radius 3 is 2.84 bits per heavy atom. The third-order valence-electron chi connectivity index (χ3n) is 4.55. The highest BCUT2D eigenvalue weighted by Gasteiger charge is 2.21. The summed E-state index contributed by atoms with van der Waals surface area (Å²) >= 11 is 1.29. The number of ether oxygens (including phenoxy) is 2. The maximum absolute atomic E-state index is 12.6. The van der Waals surface area contributed by atoms with Crippen LogP contribution in [0.15, 0.2) is 46.2 Å². The first-order chi connectivity index (χ1) is 15.0. The Kier molecular flexibility index (Phi) is 6.12. The highest BCUT2D eigenvalue weighted by molar-refractivity contribution is 8.00. The lowest BCUT2D eigenvalue weighted by atomic mass is 10.2. The molecule has 10 nitrogen and oxygen atoms in total. The van der Waals surface area contributed by atoms with E-state index in [0.29, 0.717) is 34.7 Å². The van der Waals surface area contributed by atoms with Gasteiger partial charge in [0.2, 0.25) is 12.7 Å². The fourth-order valence-electron chi connectivity index (χ4n) is 2.94. The smallest absolute Gasteiger partial charge is 0.287 e. The second kappa shape index (κ2) is 9.13. The van der Waals surface area contributed by atoms with E-state index in [9.17, 15) is 9.59 Å². The molecule has 1 atom stereocenters. The van der Waals surface area contributed by atoms with Crippen molar-refractivity contribution < 1.29 is 23.5 Å². The first kappa shape index (κ1) is 20.8. The third kappa shape index (κ3) is 4.66. The zero-order valence-corrected chi connectivity index (χ0v) is 17.8. The number of furan rings is 1. The minimum atomic E-state index is -0.425. The minimum Gasteiger partial charge on any atom is -0.459 e. The molecule has 1 aliphatic rings. The minimum absolute atomic E-state index is 0.177. The van der Waals surface area contributed by atoms with Crippen molar-refractivity contribution in [2.45, 2.75) is 37.3 Å². The van der Waals surface area contributed by atoms with Crippen molar-refractivity contribution in [3.05, 3.63) is 48.2 Å². The average Bonchev–Trinajstić information content (AvgIpc) is 3.52. The van der Waals surface area contributed by atoms with Gasteiger partial charge in [0.15, 0.2) is 28.2 Å². The molecular weight excluding hydrogens is 422 g/mol. The van der Waals surface area contributed by atoms with Crippen LogP contribution < -0.4 is 20.1 Å². The van der Waals surface area contributed by atoms with Crippen molar-refractivity contribution in [3.8, 4) is 11.5 Å². The molecule has 4 rings (SSSR count). The van der Waals surface area contributed by atoms with Gasteiger partial charge in [0.05, 0.1) is 18.1 Å². The summed E-state index contributed by atoms with van der Waals surface area (Å²) in [5.74, 6) is 1.57. The maximum Gasteiger partial charge on any atom is 0.287 e. The number of hydrogen-bond donors (Lipinski definition) is 2. The van der Waals surface area contributed by atoms with Crippen molar-refractivity contribution >= 4 is 29.3 Å². The monoisotopic (exact) mass is 443 g/mol. The Hall–Kier alpha value is -3.47. The largest absolute Gasteiger partial charge is 0.459 e. The van der Waals surface area contributed by atoms with E-state index in [4.69, 9.17) is 13.9 Å². The molecule has 1 aliphatic heterocycles. The van der Waals surface area contributed by atoms with Crippen molar-refractivity contribution in [1.29, 1.82) is 0 Å². The second-order valence-electron chi connectivity index (χ2n) is 6.62. The number of carbonyl (C=O) groups excluding carboxylic acids is 2. The van der Waals surface area contributed by atoms with E-state index >= 15 is 0 Å². The molecule has 0 radical (unpaired) electrons. The lowest BCUT2D eigenvalue weighted by Gasteiger charge is -2.13. The molecule has 2 aromatic heterocycles. The summed E-state index contributed by atoms with van der Waals surface area (Å²) in [6, 6.07) is 8.48. The predicted octanol–water partition coefficient (Wildman–Crippen LogP) is 2.67. The summed E-state index contributed by atoms with van der Waals surface area (Å²) in [6.07, 6.45) is 1.44. The Balaban J connectivity index is 1.36. The van der Waals surface area contributed by atoms with Gasteiger partial charge in [0.1, 0.15) is 0 Å². The first-order valence-electron chi connectivity index (χ1n) is 9.66. The molecule has 31 heavy (non-hydrogen) atoms. The average molecular weight is 443 g/mol. The van der Waals surface area contributed by atoms with Crippen LogP contribution in [0.4, 0.5) is 5.69 Å². The summed E-state index contributed by atoms with van der Waals surface area (Å²) in [5.41, 5.74) is 0.625. The van der Waals surface area contributed by atoms with Crippen molar-refractivity contribution in [2.75, 3.05) is 12.1 Å². The van der Waals surface area contributed by atoms with E-state index < -0.39 is 5.25 Å². The number of nitrogens with one attached hydrogen (secondary N) is 2. The van der Waals surface area contributed by atoms with Gasteiger partial charge in [-0.2, -0.15) is 0 Å². The molecule has 0 fully saturated rings. The van der Waals surface area contributed by atoms with Gasteiger partial charge in [0.25, 0.3) is 5.91 Å². The molecule has 0 saturated heterocycles. The van der Waals surface area contributed by atoms with E-state index in [1.165, 1.54) is 18.0 Å². The quantitative estimate of drug-likeness (QED) is 0.510. The van der Waals surface area contributed by atoms with Crippen molar-refractivity contribution in [3.63, 3.8) is 0 Å². The predicted molar refractivity (Wildman–Crippen MR) is 112 cm³/mol. The third-order valence-corrected chi connectivity index (χ3v) is 5.63. The standard InChI is InChI=1S/C20H21N5O5S/c1-3-25-17(10-21-19(27)15-5-4-8-28-15)23-24-20(25)31-12(2)18(26)22-13-6-7-14-16(9-13)30-11-29-14/h4-9,12H,3,10-11H2,1-2H3,(H,21,27)(H,22,26). The molecule has 3 heterocycles. The number of carbonyl (C=O) groups is 2. The molecule has 2 N–H and O–H groups in total. The summed E-state index contributed by atoms with van der Waals surface area (Å²) < 4.78 is 17.6.